The number of nitrogens with one attached hydrogen (secondary N) is 1. The SMILES string of the molecule is Brc1ccc(C2NCN(C3CN4CCC3CC4)O2)s1. The number of halogens is 1. The zero-order valence-electron chi connectivity index (χ0n) is 10.7. The second kappa shape index (κ2) is 5.09. The lowest BCUT2D eigenvalue weighted by Gasteiger charge is -2.47. The van der Waals surface area contributed by atoms with E-state index >= 15 is 0 Å². The van der Waals surface area contributed by atoms with Crippen LogP contribution in [0.2, 0.25) is 0 Å². The average molecular weight is 344 g/mol. The highest BCUT2D eigenvalue weighted by Gasteiger charge is 2.41. The highest BCUT2D eigenvalue weighted by Crippen LogP contribution is 2.35. The van der Waals surface area contributed by atoms with Crippen molar-refractivity contribution in [2.24, 2.45) is 5.92 Å². The average Bonchev–Trinajstić information content (AvgIpc) is 3.08. The first-order valence-corrected chi connectivity index (χ1v) is 8.55. The molecule has 4 fully saturated rings. The number of piperidine rings is 3. The Morgan fingerprint density at radius 1 is 1.32 bits per heavy atom. The summed E-state index contributed by atoms with van der Waals surface area (Å²) in [5, 5.41) is 5.66. The van der Waals surface area contributed by atoms with Crippen LogP contribution in [0.25, 0.3) is 0 Å². The molecule has 2 bridgehead atoms. The highest BCUT2D eigenvalue weighted by molar-refractivity contribution is 9.11. The summed E-state index contributed by atoms with van der Waals surface area (Å²) in [5.41, 5.74) is 0. The molecule has 4 nitrogen and oxygen atoms in total. The van der Waals surface area contributed by atoms with E-state index in [1.807, 2.05) is 0 Å². The summed E-state index contributed by atoms with van der Waals surface area (Å²) in [7, 11) is 0. The molecule has 4 saturated heterocycles. The lowest BCUT2D eigenvalue weighted by molar-refractivity contribution is -0.203. The van der Waals surface area contributed by atoms with Crippen molar-refractivity contribution >= 4 is 27.3 Å². The van der Waals surface area contributed by atoms with E-state index in [0.717, 1.165) is 16.4 Å². The van der Waals surface area contributed by atoms with Gasteiger partial charge in [0.25, 0.3) is 0 Å². The largest absolute Gasteiger partial charge is 0.302 e. The van der Waals surface area contributed by atoms with Gasteiger partial charge in [0.05, 0.1) is 21.4 Å². The van der Waals surface area contributed by atoms with E-state index in [0.29, 0.717) is 6.04 Å². The van der Waals surface area contributed by atoms with E-state index in [-0.39, 0.29) is 6.23 Å². The monoisotopic (exact) mass is 343 g/mol. The Balaban J connectivity index is 1.44. The van der Waals surface area contributed by atoms with Gasteiger partial charge in [-0.3, -0.25) is 10.2 Å². The molecule has 0 amide bonds. The van der Waals surface area contributed by atoms with Gasteiger partial charge in [-0.2, -0.15) is 5.06 Å². The third-order valence-corrected chi connectivity index (χ3v) is 6.18. The minimum Gasteiger partial charge on any atom is -0.302 e. The Hall–Kier alpha value is 0.0200. The van der Waals surface area contributed by atoms with Crippen LogP contribution in [0.5, 0.6) is 0 Å². The van der Waals surface area contributed by atoms with Crippen LogP contribution >= 0.6 is 27.3 Å². The van der Waals surface area contributed by atoms with E-state index in [1.165, 1.54) is 37.4 Å². The van der Waals surface area contributed by atoms with Crippen molar-refractivity contribution < 1.29 is 4.84 Å². The fourth-order valence-corrected chi connectivity index (χ4v) is 4.88. The van der Waals surface area contributed by atoms with Gasteiger partial charge in [-0.05, 0) is 59.9 Å². The number of hydrogen-bond donors (Lipinski definition) is 1. The van der Waals surface area contributed by atoms with Crippen LogP contribution in [0.15, 0.2) is 15.9 Å². The number of rotatable bonds is 2. The molecule has 0 aliphatic carbocycles. The van der Waals surface area contributed by atoms with Crippen LogP contribution in [0.4, 0.5) is 0 Å². The second-order valence-corrected chi connectivity index (χ2v) is 8.11. The lowest BCUT2D eigenvalue weighted by atomic mass is 9.84. The van der Waals surface area contributed by atoms with Crippen molar-refractivity contribution in [1.29, 1.82) is 0 Å². The van der Waals surface area contributed by atoms with E-state index < -0.39 is 0 Å². The fraction of sp³-hybridized carbons (Fsp3) is 0.692. The summed E-state index contributed by atoms with van der Waals surface area (Å²) in [6, 6.07) is 4.79. The van der Waals surface area contributed by atoms with Gasteiger partial charge in [-0.15, -0.1) is 11.3 Å². The van der Waals surface area contributed by atoms with Crippen LogP contribution in [0.3, 0.4) is 0 Å². The number of hydrogen-bond acceptors (Lipinski definition) is 5. The van der Waals surface area contributed by atoms with Crippen molar-refractivity contribution in [3.8, 4) is 0 Å². The maximum absolute atomic E-state index is 6.14. The van der Waals surface area contributed by atoms with Gasteiger partial charge >= 0.3 is 0 Å². The molecule has 19 heavy (non-hydrogen) atoms. The molecular formula is C13H18BrN3OS. The maximum atomic E-state index is 6.14. The zero-order valence-corrected chi connectivity index (χ0v) is 13.1. The van der Waals surface area contributed by atoms with Crippen LogP contribution in [0.1, 0.15) is 23.9 Å². The van der Waals surface area contributed by atoms with Crippen LogP contribution in [0, 0.1) is 5.92 Å². The molecule has 0 radical (unpaired) electrons. The smallest absolute Gasteiger partial charge is 0.166 e. The van der Waals surface area contributed by atoms with Crippen molar-refractivity contribution in [2.75, 3.05) is 26.3 Å². The predicted molar refractivity (Wildman–Crippen MR) is 78.6 cm³/mol. The van der Waals surface area contributed by atoms with Crippen molar-refractivity contribution in [3.63, 3.8) is 0 Å². The Morgan fingerprint density at radius 2 is 2.16 bits per heavy atom. The number of fused-ring (bicyclic) bond motifs is 3. The Kier molecular flexibility index (Phi) is 3.41. The molecule has 2 unspecified atom stereocenters. The first kappa shape index (κ1) is 12.7. The molecule has 4 aliphatic rings. The first-order chi connectivity index (χ1) is 9.29. The molecule has 4 aliphatic heterocycles. The standard InChI is InChI=1S/C13H18BrN3OS/c14-12-2-1-11(19-12)13-15-8-17(18-13)10-7-16-5-3-9(10)4-6-16/h1-2,9-10,13,15H,3-8H2. The number of nitrogens with zero attached hydrogens (tertiary/aromatic N) is 2. The summed E-state index contributed by atoms with van der Waals surface area (Å²) in [5.74, 6) is 0.820. The summed E-state index contributed by atoms with van der Waals surface area (Å²) >= 11 is 5.25. The molecule has 0 aromatic carbocycles. The van der Waals surface area contributed by atoms with Gasteiger partial charge < -0.3 is 4.90 Å². The normalized spacial score (nSPS) is 39.0. The molecule has 1 aromatic rings. The van der Waals surface area contributed by atoms with Crippen molar-refractivity contribution in [3.05, 3.63) is 20.8 Å². The number of hydroxylamine groups is 2. The quantitative estimate of drug-likeness (QED) is 0.892. The molecule has 1 N–H and O–H groups in total. The lowest BCUT2D eigenvalue weighted by Crippen LogP contribution is -2.56. The molecule has 6 heteroatoms. The van der Waals surface area contributed by atoms with Gasteiger partial charge in [-0.1, -0.05) is 0 Å². The zero-order chi connectivity index (χ0) is 12.8. The second-order valence-electron chi connectivity index (χ2n) is 5.61. The first-order valence-electron chi connectivity index (χ1n) is 6.94. The third kappa shape index (κ3) is 2.39. The summed E-state index contributed by atoms with van der Waals surface area (Å²) in [4.78, 5) is 9.96. The minimum atomic E-state index is 0.0340. The molecule has 0 spiro atoms. The minimum absolute atomic E-state index is 0.0340. The van der Waals surface area contributed by atoms with Gasteiger partial charge in [0.1, 0.15) is 0 Å². The Morgan fingerprint density at radius 3 is 2.79 bits per heavy atom. The summed E-state index contributed by atoms with van der Waals surface area (Å²) in [6.07, 6.45) is 2.70. The molecular weight excluding hydrogens is 326 g/mol. The van der Waals surface area contributed by atoms with E-state index in [1.54, 1.807) is 11.3 Å². The van der Waals surface area contributed by atoms with Crippen molar-refractivity contribution in [2.45, 2.75) is 25.1 Å². The van der Waals surface area contributed by atoms with Crippen molar-refractivity contribution in [1.82, 2.24) is 15.3 Å². The van der Waals surface area contributed by atoms with Crippen LogP contribution < -0.4 is 5.32 Å². The van der Waals surface area contributed by atoms with E-state index in [9.17, 15) is 0 Å². The summed E-state index contributed by atoms with van der Waals surface area (Å²) in [6.45, 7) is 4.58. The van der Waals surface area contributed by atoms with Gasteiger partial charge in [0, 0.05) is 6.54 Å². The van der Waals surface area contributed by atoms with Crippen LogP contribution in [-0.4, -0.2) is 42.3 Å². The molecule has 1 aromatic heterocycles. The van der Waals surface area contributed by atoms with Gasteiger partial charge in [0.2, 0.25) is 0 Å². The topological polar surface area (TPSA) is 27.7 Å². The molecule has 5 rings (SSSR count). The van der Waals surface area contributed by atoms with E-state index in [4.69, 9.17) is 4.84 Å². The fourth-order valence-electron chi connectivity index (χ4n) is 3.46. The Labute approximate surface area is 125 Å². The molecule has 5 heterocycles. The predicted octanol–water partition coefficient (Wildman–Crippen LogP) is 2.40. The molecule has 0 saturated carbocycles. The molecule has 104 valence electrons. The Bertz CT molecular complexity index is 460. The third-order valence-electron chi connectivity index (χ3n) is 4.52. The van der Waals surface area contributed by atoms with Gasteiger partial charge in [0.15, 0.2) is 6.23 Å². The van der Waals surface area contributed by atoms with E-state index in [2.05, 4.69) is 43.3 Å². The number of thiophene rings is 1. The molecule has 2 atom stereocenters. The summed E-state index contributed by atoms with van der Waals surface area (Å²) < 4.78 is 1.16. The highest BCUT2D eigenvalue weighted by atomic mass is 79.9. The van der Waals surface area contributed by atoms with Crippen LogP contribution in [-0.2, 0) is 4.84 Å². The van der Waals surface area contributed by atoms with Gasteiger partial charge in [-0.25, -0.2) is 0 Å². The maximum Gasteiger partial charge on any atom is 0.166 e.